The smallest absolute Gasteiger partial charge is 0.0932 e. The third-order valence-corrected chi connectivity index (χ3v) is 2.94. The molecule has 0 aliphatic heterocycles. The van der Waals surface area contributed by atoms with Crippen LogP contribution in [0.2, 0.25) is 0 Å². The predicted molar refractivity (Wildman–Crippen MR) is 77.3 cm³/mol. The Morgan fingerprint density at radius 1 is 0.889 bits per heavy atom. The molecule has 1 rings (SSSR count). The minimum atomic E-state index is 0.361. The summed E-state index contributed by atoms with van der Waals surface area (Å²) in [5.74, 6) is 0. The van der Waals surface area contributed by atoms with Gasteiger partial charge in [0.05, 0.1) is 5.69 Å². The van der Waals surface area contributed by atoms with Gasteiger partial charge in [-0.05, 0) is 59.6 Å². The van der Waals surface area contributed by atoms with Crippen LogP contribution in [-0.4, -0.2) is 17.1 Å². The van der Waals surface area contributed by atoms with Crippen molar-refractivity contribution < 1.29 is 0 Å². The highest BCUT2D eigenvalue weighted by Crippen LogP contribution is 2.26. The molecule has 0 heterocycles. The molecule has 0 N–H and O–H groups in total. The van der Waals surface area contributed by atoms with Crippen molar-refractivity contribution in [1.82, 2.24) is 5.01 Å². The molecule has 18 heavy (non-hydrogen) atoms. The molecular weight excluding hydrogens is 222 g/mol. The molecule has 0 fully saturated rings. The highest BCUT2D eigenvalue weighted by molar-refractivity contribution is 5.53. The molecule has 0 spiro atoms. The van der Waals surface area contributed by atoms with Crippen LogP contribution in [-0.2, 0) is 0 Å². The van der Waals surface area contributed by atoms with Crippen LogP contribution in [0.3, 0.4) is 0 Å². The van der Waals surface area contributed by atoms with Crippen molar-refractivity contribution in [3.05, 3.63) is 28.8 Å². The number of hydrogen-bond acceptors (Lipinski definition) is 2. The lowest BCUT2D eigenvalue weighted by Gasteiger charge is -2.25. The topological polar surface area (TPSA) is 28.0 Å². The zero-order valence-corrected chi connectivity index (χ0v) is 12.7. The summed E-state index contributed by atoms with van der Waals surface area (Å²) in [6.45, 7) is 14.8. The van der Waals surface area contributed by atoms with Gasteiger partial charge < -0.3 is 0 Å². The minimum Gasteiger partial charge on any atom is -0.273 e. The molecule has 0 atom stereocenters. The van der Waals surface area contributed by atoms with Crippen molar-refractivity contribution in [2.45, 2.75) is 60.5 Å². The van der Waals surface area contributed by atoms with E-state index in [1.807, 2.05) is 5.01 Å². The van der Waals surface area contributed by atoms with Crippen molar-refractivity contribution in [2.24, 2.45) is 10.3 Å². The molecule has 1 aromatic rings. The third-order valence-electron chi connectivity index (χ3n) is 2.94. The number of benzene rings is 1. The SMILES string of the molecule is Cc1cc(C)c(N=NN(C(C)C)C(C)C)c(C)c1. The molecule has 3 nitrogen and oxygen atoms in total. The van der Waals surface area contributed by atoms with Gasteiger partial charge in [0.25, 0.3) is 0 Å². The first-order chi connectivity index (χ1) is 8.32. The van der Waals surface area contributed by atoms with Crippen LogP contribution in [0.25, 0.3) is 0 Å². The summed E-state index contributed by atoms with van der Waals surface area (Å²) in [7, 11) is 0. The zero-order chi connectivity index (χ0) is 13.9. The Kier molecular flexibility index (Phi) is 4.88. The second kappa shape index (κ2) is 5.98. The zero-order valence-electron chi connectivity index (χ0n) is 12.7. The molecule has 0 radical (unpaired) electrons. The monoisotopic (exact) mass is 247 g/mol. The second-order valence-electron chi connectivity index (χ2n) is 5.50. The summed E-state index contributed by atoms with van der Waals surface area (Å²) >= 11 is 0. The average molecular weight is 247 g/mol. The Morgan fingerprint density at radius 2 is 1.33 bits per heavy atom. The summed E-state index contributed by atoms with van der Waals surface area (Å²) in [4.78, 5) is 0. The van der Waals surface area contributed by atoms with E-state index in [9.17, 15) is 0 Å². The van der Waals surface area contributed by atoms with Crippen LogP contribution in [0.5, 0.6) is 0 Å². The molecule has 1 aromatic carbocycles. The normalized spacial score (nSPS) is 11.8. The Hall–Kier alpha value is -1.38. The number of aryl methyl sites for hydroxylation is 3. The maximum absolute atomic E-state index is 4.44. The molecular formula is C15H25N3. The maximum Gasteiger partial charge on any atom is 0.0932 e. The third kappa shape index (κ3) is 3.56. The minimum absolute atomic E-state index is 0.361. The van der Waals surface area contributed by atoms with Gasteiger partial charge in [-0.3, -0.25) is 5.01 Å². The van der Waals surface area contributed by atoms with Crippen molar-refractivity contribution >= 4 is 5.69 Å². The largest absolute Gasteiger partial charge is 0.273 e. The van der Waals surface area contributed by atoms with Crippen molar-refractivity contribution in [1.29, 1.82) is 0 Å². The van der Waals surface area contributed by atoms with Crippen molar-refractivity contribution in [3.63, 3.8) is 0 Å². The van der Waals surface area contributed by atoms with Crippen LogP contribution in [0.1, 0.15) is 44.4 Å². The highest BCUT2D eigenvalue weighted by atomic mass is 15.6. The standard InChI is InChI=1S/C15H25N3/c1-10(2)18(11(3)4)17-16-15-13(6)8-12(5)9-14(15)7/h8-11H,1-7H3. The van der Waals surface area contributed by atoms with Crippen molar-refractivity contribution in [2.75, 3.05) is 0 Å². The molecule has 0 aliphatic rings. The summed E-state index contributed by atoms with van der Waals surface area (Å²) < 4.78 is 0. The molecule has 0 saturated heterocycles. The second-order valence-corrected chi connectivity index (χ2v) is 5.50. The Morgan fingerprint density at radius 3 is 1.72 bits per heavy atom. The van der Waals surface area contributed by atoms with E-state index in [1.54, 1.807) is 0 Å². The summed E-state index contributed by atoms with van der Waals surface area (Å²) in [6.07, 6.45) is 0. The van der Waals surface area contributed by atoms with Gasteiger partial charge in [-0.25, -0.2) is 0 Å². The first-order valence-corrected chi connectivity index (χ1v) is 6.60. The van der Waals surface area contributed by atoms with Gasteiger partial charge in [-0.2, -0.15) is 0 Å². The highest BCUT2D eigenvalue weighted by Gasteiger charge is 2.11. The predicted octanol–water partition coefficient (Wildman–Crippen LogP) is 4.73. The lowest BCUT2D eigenvalue weighted by molar-refractivity contribution is 0.169. The van der Waals surface area contributed by atoms with Gasteiger partial charge in [-0.15, -0.1) is 5.11 Å². The van der Waals surface area contributed by atoms with E-state index < -0.39 is 0 Å². The van der Waals surface area contributed by atoms with E-state index in [0.29, 0.717) is 12.1 Å². The Balaban J connectivity index is 3.03. The van der Waals surface area contributed by atoms with E-state index in [4.69, 9.17) is 0 Å². The average Bonchev–Trinajstić information content (AvgIpc) is 2.20. The van der Waals surface area contributed by atoms with Gasteiger partial charge in [0.2, 0.25) is 0 Å². The molecule has 0 unspecified atom stereocenters. The van der Waals surface area contributed by atoms with E-state index in [1.165, 1.54) is 16.7 Å². The number of rotatable bonds is 4. The summed E-state index contributed by atoms with van der Waals surface area (Å²) in [5.41, 5.74) is 4.63. The molecule has 3 heteroatoms. The van der Waals surface area contributed by atoms with Crippen LogP contribution >= 0.6 is 0 Å². The quantitative estimate of drug-likeness (QED) is 0.558. The fraction of sp³-hybridized carbons (Fsp3) is 0.600. The van der Waals surface area contributed by atoms with E-state index in [0.717, 1.165) is 5.69 Å². The molecule has 0 aromatic heterocycles. The molecule has 0 saturated carbocycles. The van der Waals surface area contributed by atoms with Crippen molar-refractivity contribution in [3.8, 4) is 0 Å². The lowest BCUT2D eigenvalue weighted by atomic mass is 10.1. The molecule has 0 amide bonds. The van der Waals surface area contributed by atoms with E-state index in [-0.39, 0.29) is 0 Å². The maximum atomic E-state index is 4.44. The van der Waals surface area contributed by atoms with Gasteiger partial charge in [0.1, 0.15) is 0 Å². The van der Waals surface area contributed by atoms with Crippen LogP contribution in [0.4, 0.5) is 5.69 Å². The van der Waals surface area contributed by atoms with Gasteiger partial charge in [-0.1, -0.05) is 22.9 Å². The van der Waals surface area contributed by atoms with Gasteiger partial charge >= 0.3 is 0 Å². The number of hydrogen-bond donors (Lipinski definition) is 0. The van der Waals surface area contributed by atoms with Gasteiger partial charge in [0.15, 0.2) is 0 Å². The first kappa shape index (κ1) is 14.7. The molecule has 0 aliphatic carbocycles. The lowest BCUT2D eigenvalue weighted by Crippen LogP contribution is -2.31. The van der Waals surface area contributed by atoms with Crippen LogP contribution in [0.15, 0.2) is 22.5 Å². The summed E-state index contributed by atoms with van der Waals surface area (Å²) in [6, 6.07) is 5.02. The van der Waals surface area contributed by atoms with Gasteiger partial charge in [0, 0.05) is 12.1 Å². The fourth-order valence-corrected chi connectivity index (χ4v) is 2.23. The van der Waals surface area contributed by atoms with Crippen LogP contribution in [0, 0.1) is 20.8 Å². The number of nitrogens with zero attached hydrogens (tertiary/aromatic N) is 3. The van der Waals surface area contributed by atoms with Crippen LogP contribution < -0.4 is 0 Å². The fourth-order valence-electron chi connectivity index (χ4n) is 2.23. The molecule has 100 valence electrons. The van der Waals surface area contributed by atoms with E-state index >= 15 is 0 Å². The summed E-state index contributed by atoms with van der Waals surface area (Å²) in [5, 5.41) is 10.9. The molecule has 0 bridgehead atoms. The first-order valence-electron chi connectivity index (χ1n) is 6.60. The Labute approximate surface area is 111 Å². The Bertz CT molecular complexity index is 402. The van der Waals surface area contributed by atoms with E-state index in [2.05, 4.69) is 70.9 Å².